The second kappa shape index (κ2) is 9.93. The van der Waals surface area contributed by atoms with E-state index in [2.05, 4.69) is 17.4 Å². The number of aliphatic hydroxyl groups excluding tert-OH is 1. The number of aliphatic hydroxyl groups is 1. The summed E-state index contributed by atoms with van der Waals surface area (Å²) in [6, 6.07) is 8.06. The van der Waals surface area contributed by atoms with Gasteiger partial charge in [-0.3, -0.25) is 0 Å². The number of benzene rings is 1. The van der Waals surface area contributed by atoms with E-state index in [0.29, 0.717) is 19.1 Å². The van der Waals surface area contributed by atoms with E-state index in [1.807, 2.05) is 32.9 Å². The van der Waals surface area contributed by atoms with Gasteiger partial charge < -0.3 is 19.9 Å². The quantitative estimate of drug-likeness (QED) is 0.764. The standard InChI is InChI=1S/C21H33NO4/c1-21(2,3)26-20(24)22-13-12-19(23)17-8-6-7-16(15-17)10-11-18-9-4-5-14-25-18/h6-8,15,18-19,23H,4-5,9-14H2,1-3H3,(H,22,24). The molecule has 1 aromatic rings. The van der Waals surface area contributed by atoms with Gasteiger partial charge in [-0.05, 0) is 70.4 Å². The van der Waals surface area contributed by atoms with Gasteiger partial charge in [0.1, 0.15) is 5.60 Å². The SMILES string of the molecule is CC(C)(C)OC(=O)NCCC(O)c1cccc(CCC2CCCCO2)c1. The van der Waals surface area contributed by atoms with E-state index in [1.165, 1.54) is 18.4 Å². The molecule has 146 valence electrons. The van der Waals surface area contributed by atoms with E-state index in [-0.39, 0.29) is 0 Å². The van der Waals surface area contributed by atoms with Gasteiger partial charge in [-0.25, -0.2) is 4.79 Å². The molecule has 1 fully saturated rings. The maximum absolute atomic E-state index is 11.6. The summed E-state index contributed by atoms with van der Waals surface area (Å²) in [5.74, 6) is 0. The predicted molar refractivity (Wildman–Crippen MR) is 102 cm³/mol. The highest BCUT2D eigenvalue weighted by atomic mass is 16.6. The first-order valence-corrected chi connectivity index (χ1v) is 9.69. The monoisotopic (exact) mass is 363 g/mol. The Balaban J connectivity index is 1.76. The van der Waals surface area contributed by atoms with Crippen molar-refractivity contribution < 1.29 is 19.4 Å². The Hall–Kier alpha value is -1.59. The molecular formula is C21H33NO4. The highest BCUT2D eigenvalue weighted by molar-refractivity contribution is 5.67. The van der Waals surface area contributed by atoms with Crippen LogP contribution in [0.4, 0.5) is 4.79 Å². The number of amides is 1. The largest absolute Gasteiger partial charge is 0.444 e. The lowest BCUT2D eigenvalue weighted by atomic mass is 9.98. The van der Waals surface area contributed by atoms with Crippen molar-refractivity contribution in [2.24, 2.45) is 0 Å². The Morgan fingerprint density at radius 2 is 2.19 bits per heavy atom. The molecule has 5 heteroatoms. The van der Waals surface area contributed by atoms with E-state index in [9.17, 15) is 9.90 Å². The predicted octanol–water partition coefficient (Wildman–Crippen LogP) is 4.14. The van der Waals surface area contributed by atoms with Crippen molar-refractivity contribution in [1.82, 2.24) is 5.32 Å². The third-order valence-electron chi connectivity index (χ3n) is 4.45. The number of nitrogens with one attached hydrogen (secondary N) is 1. The second-order valence-electron chi connectivity index (χ2n) is 8.01. The molecule has 0 bridgehead atoms. The summed E-state index contributed by atoms with van der Waals surface area (Å²) >= 11 is 0. The lowest BCUT2D eigenvalue weighted by molar-refractivity contribution is 0.0115. The molecule has 1 aliphatic heterocycles. The summed E-state index contributed by atoms with van der Waals surface area (Å²) < 4.78 is 11.0. The Morgan fingerprint density at radius 3 is 2.88 bits per heavy atom. The van der Waals surface area contributed by atoms with Crippen LogP contribution in [0.2, 0.25) is 0 Å². The number of hydrogen-bond donors (Lipinski definition) is 2. The van der Waals surface area contributed by atoms with Crippen molar-refractivity contribution in [2.75, 3.05) is 13.2 Å². The van der Waals surface area contributed by atoms with Gasteiger partial charge in [-0.2, -0.15) is 0 Å². The number of carbonyl (C=O) groups excluding carboxylic acids is 1. The fourth-order valence-electron chi connectivity index (χ4n) is 3.11. The third-order valence-corrected chi connectivity index (χ3v) is 4.45. The zero-order valence-electron chi connectivity index (χ0n) is 16.3. The first kappa shape index (κ1) is 20.7. The molecule has 1 saturated heterocycles. The summed E-state index contributed by atoms with van der Waals surface area (Å²) in [4.78, 5) is 11.6. The topological polar surface area (TPSA) is 67.8 Å². The van der Waals surface area contributed by atoms with Crippen LogP contribution in [0.25, 0.3) is 0 Å². The highest BCUT2D eigenvalue weighted by Crippen LogP contribution is 2.21. The molecule has 1 aromatic carbocycles. The molecule has 26 heavy (non-hydrogen) atoms. The molecule has 2 N–H and O–H groups in total. The lowest BCUT2D eigenvalue weighted by Gasteiger charge is -2.22. The van der Waals surface area contributed by atoms with Gasteiger partial charge in [0.05, 0.1) is 12.2 Å². The number of hydrogen-bond acceptors (Lipinski definition) is 4. The van der Waals surface area contributed by atoms with Gasteiger partial charge in [0.15, 0.2) is 0 Å². The van der Waals surface area contributed by atoms with Gasteiger partial charge in [-0.1, -0.05) is 24.3 Å². The minimum Gasteiger partial charge on any atom is -0.444 e. The fraction of sp³-hybridized carbons (Fsp3) is 0.667. The molecule has 0 aromatic heterocycles. The summed E-state index contributed by atoms with van der Waals surface area (Å²) in [5.41, 5.74) is 1.59. The van der Waals surface area contributed by atoms with Crippen molar-refractivity contribution in [1.29, 1.82) is 0 Å². The maximum Gasteiger partial charge on any atom is 0.407 e. The van der Waals surface area contributed by atoms with Crippen LogP contribution in [0.5, 0.6) is 0 Å². The third kappa shape index (κ3) is 7.75. The number of ether oxygens (including phenoxy) is 2. The average Bonchev–Trinajstić information content (AvgIpc) is 2.59. The van der Waals surface area contributed by atoms with E-state index in [4.69, 9.17) is 9.47 Å². The second-order valence-corrected chi connectivity index (χ2v) is 8.01. The molecule has 0 spiro atoms. The number of rotatable bonds is 7. The number of aryl methyl sites for hydroxylation is 1. The van der Waals surface area contributed by atoms with Crippen LogP contribution in [-0.2, 0) is 15.9 Å². The zero-order chi connectivity index (χ0) is 19.0. The number of alkyl carbamates (subject to hydrolysis) is 1. The summed E-state index contributed by atoms with van der Waals surface area (Å²) in [7, 11) is 0. The molecule has 2 rings (SSSR count). The highest BCUT2D eigenvalue weighted by Gasteiger charge is 2.17. The molecule has 1 aliphatic rings. The van der Waals surface area contributed by atoms with Crippen LogP contribution in [0, 0.1) is 0 Å². The van der Waals surface area contributed by atoms with Gasteiger partial charge >= 0.3 is 6.09 Å². The van der Waals surface area contributed by atoms with Crippen LogP contribution in [0.3, 0.4) is 0 Å². The first-order valence-electron chi connectivity index (χ1n) is 9.69. The van der Waals surface area contributed by atoms with E-state index in [0.717, 1.165) is 31.4 Å². The van der Waals surface area contributed by atoms with E-state index >= 15 is 0 Å². The molecule has 2 unspecified atom stereocenters. The Morgan fingerprint density at radius 1 is 1.38 bits per heavy atom. The van der Waals surface area contributed by atoms with Crippen molar-refractivity contribution in [2.45, 2.75) is 77.1 Å². The van der Waals surface area contributed by atoms with Crippen molar-refractivity contribution in [3.63, 3.8) is 0 Å². The van der Waals surface area contributed by atoms with Gasteiger partial charge in [0.25, 0.3) is 0 Å². The Labute approximate surface area is 157 Å². The lowest BCUT2D eigenvalue weighted by Crippen LogP contribution is -2.33. The molecule has 5 nitrogen and oxygen atoms in total. The Kier molecular flexibility index (Phi) is 7.91. The molecule has 2 atom stereocenters. The number of carbonyl (C=O) groups is 1. The van der Waals surface area contributed by atoms with E-state index < -0.39 is 17.8 Å². The van der Waals surface area contributed by atoms with Crippen molar-refractivity contribution in [3.05, 3.63) is 35.4 Å². The molecule has 1 amide bonds. The smallest absolute Gasteiger partial charge is 0.407 e. The minimum atomic E-state index is -0.601. The molecular weight excluding hydrogens is 330 g/mol. The first-order chi connectivity index (χ1) is 12.3. The minimum absolute atomic E-state index is 0.371. The molecule has 0 aliphatic carbocycles. The van der Waals surface area contributed by atoms with Gasteiger partial charge in [0, 0.05) is 13.2 Å². The summed E-state index contributed by atoms with van der Waals surface area (Å²) in [5, 5.41) is 13.1. The van der Waals surface area contributed by atoms with Crippen LogP contribution in [0.15, 0.2) is 24.3 Å². The molecule has 0 radical (unpaired) electrons. The van der Waals surface area contributed by atoms with Crippen LogP contribution in [0.1, 0.15) is 70.1 Å². The zero-order valence-corrected chi connectivity index (χ0v) is 16.3. The van der Waals surface area contributed by atoms with Gasteiger partial charge in [-0.15, -0.1) is 0 Å². The van der Waals surface area contributed by atoms with Crippen LogP contribution in [-0.4, -0.2) is 36.1 Å². The Bertz CT molecular complexity index is 561. The molecule has 1 heterocycles. The van der Waals surface area contributed by atoms with Crippen molar-refractivity contribution in [3.8, 4) is 0 Å². The summed E-state index contributed by atoms with van der Waals surface area (Å²) in [6.07, 6.45) is 5.34. The van der Waals surface area contributed by atoms with Crippen molar-refractivity contribution >= 4 is 6.09 Å². The summed E-state index contributed by atoms with van der Waals surface area (Å²) in [6.45, 7) is 6.73. The normalized spacial score (nSPS) is 19.0. The fourth-order valence-corrected chi connectivity index (χ4v) is 3.11. The average molecular weight is 363 g/mol. The van der Waals surface area contributed by atoms with Crippen LogP contribution < -0.4 is 5.32 Å². The van der Waals surface area contributed by atoms with Crippen LogP contribution >= 0.6 is 0 Å². The van der Waals surface area contributed by atoms with E-state index in [1.54, 1.807) is 0 Å². The van der Waals surface area contributed by atoms with Gasteiger partial charge in [0.2, 0.25) is 0 Å². The molecule has 0 saturated carbocycles. The maximum atomic E-state index is 11.6.